The van der Waals surface area contributed by atoms with E-state index in [0.29, 0.717) is 35.7 Å². The van der Waals surface area contributed by atoms with E-state index in [2.05, 4.69) is 15.1 Å². The first-order chi connectivity index (χ1) is 15.0. The van der Waals surface area contributed by atoms with Crippen LogP contribution in [0, 0.1) is 0 Å². The molecule has 0 bridgehead atoms. The summed E-state index contributed by atoms with van der Waals surface area (Å²) in [5.74, 6) is 0.0675. The molecule has 0 spiro atoms. The fourth-order valence-electron chi connectivity index (χ4n) is 3.75. The van der Waals surface area contributed by atoms with Crippen molar-refractivity contribution in [3.63, 3.8) is 0 Å². The lowest BCUT2D eigenvalue weighted by Crippen LogP contribution is -2.43. The molecule has 160 valence electrons. The number of carbonyl (C=O) groups is 1. The summed E-state index contributed by atoms with van der Waals surface area (Å²) >= 11 is 0. The fourth-order valence-corrected chi connectivity index (χ4v) is 3.75. The fraction of sp³-hybridized carbons (Fsp3) is 0.261. The zero-order valence-corrected chi connectivity index (χ0v) is 17.4. The number of esters is 1. The maximum atomic E-state index is 11.7. The minimum absolute atomic E-state index is 0.0554. The highest BCUT2D eigenvalue weighted by molar-refractivity contribution is 5.89. The third-order valence-electron chi connectivity index (χ3n) is 5.29. The molecular weight excluding hydrogens is 396 g/mol. The second-order valence-corrected chi connectivity index (χ2v) is 7.47. The molecular formula is C23H24N4O4. The number of phenols is 1. The average molecular weight is 420 g/mol. The summed E-state index contributed by atoms with van der Waals surface area (Å²) in [5.41, 5.74) is 9.47. The number of methoxy groups -OCH3 is 1. The third kappa shape index (κ3) is 4.29. The molecule has 4 rings (SSSR count). The van der Waals surface area contributed by atoms with Crippen LogP contribution >= 0.6 is 0 Å². The van der Waals surface area contributed by atoms with Crippen LogP contribution in [0.2, 0.25) is 0 Å². The van der Waals surface area contributed by atoms with Gasteiger partial charge in [0.1, 0.15) is 11.9 Å². The van der Waals surface area contributed by atoms with Crippen LogP contribution in [0.3, 0.4) is 0 Å². The van der Waals surface area contributed by atoms with Crippen LogP contribution in [0.15, 0.2) is 54.6 Å². The van der Waals surface area contributed by atoms with Crippen LogP contribution in [0.4, 0.5) is 11.5 Å². The highest BCUT2D eigenvalue weighted by Crippen LogP contribution is 2.34. The molecule has 2 heterocycles. The standard InChI is InChI=1S/C23H24N4O4/c1-14-12-27(13-21(31-14)15-7-9-16(10-8-15)23(29)30-2)19-11-18(25-26-22(19)24)17-5-3-4-6-20(17)28/h3-11,14,21,28H,12-13H2,1-2H3,(H2,24,26)/t14-,21+/m1/s1. The van der Waals surface area contributed by atoms with Gasteiger partial charge in [0, 0.05) is 18.7 Å². The molecule has 2 atom stereocenters. The Morgan fingerprint density at radius 3 is 2.61 bits per heavy atom. The number of phenolic OH excluding ortho intramolecular Hbond substituents is 1. The van der Waals surface area contributed by atoms with Crippen molar-refractivity contribution in [2.45, 2.75) is 19.1 Å². The lowest BCUT2D eigenvalue weighted by molar-refractivity contribution is -0.0173. The molecule has 2 aromatic carbocycles. The summed E-state index contributed by atoms with van der Waals surface area (Å²) in [4.78, 5) is 13.8. The number of nitrogens with two attached hydrogens (primary N) is 1. The van der Waals surface area contributed by atoms with E-state index < -0.39 is 0 Å². The number of aromatic nitrogens is 2. The van der Waals surface area contributed by atoms with E-state index >= 15 is 0 Å². The summed E-state index contributed by atoms with van der Waals surface area (Å²) in [5, 5.41) is 18.5. The monoisotopic (exact) mass is 420 g/mol. The SMILES string of the molecule is COC(=O)c1ccc([C@@H]2CN(c3cc(-c4ccccc4O)nnc3N)C[C@@H](C)O2)cc1. The second kappa shape index (κ2) is 8.61. The number of carbonyl (C=O) groups excluding carboxylic acids is 1. The van der Waals surface area contributed by atoms with Crippen molar-refractivity contribution in [1.82, 2.24) is 10.2 Å². The first-order valence-corrected chi connectivity index (χ1v) is 9.96. The van der Waals surface area contributed by atoms with Gasteiger partial charge in [0.2, 0.25) is 0 Å². The summed E-state index contributed by atoms with van der Waals surface area (Å²) in [6, 6.07) is 16.0. The molecule has 0 saturated carbocycles. The predicted octanol–water partition coefficient (Wildman–Crippen LogP) is 3.18. The van der Waals surface area contributed by atoms with Gasteiger partial charge in [-0.3, -0.25) is 0 Å². The molecule has 31 heavy (non-hydrogen) atoms. The van der Waals surface area contributed by atoms with Gasteiger partial charge < -0.3 is 25.2 Å². The van der Waals surface area contributed by atoms with Crippen molar-refractivity contribution < 1.29 is 19.4 Å². The van der Waals surface area contributed by atoms with Gasteiger partial charge in [-0.25, -0.2) is 4.79 Å². The molecule has 0 aliphatic carbocycles. The molecule has 1 saturated heterocycles. The largest absolute Gasteiger partial charge is 0.507 e. The highest BCUT2D eigenvalue weighted by atomic mass is 16.5. The molecule has 1 aromatic heterocycles. The number of para-hydroxylation sites is 1. The third-order valence-corrected chi connectivity index (χ3v) is 5.29. The Morgan fingerprint density at radius 1 is 1.16 bits per heavy atom. The van der Waals surface area contributed by atoms with E-state index in [1.807, 2.05) is 31.2 Å². The number of rotatable bonds is 4. The van der Waals surface area contributed by atoms with Crippen molar-refractivity contribution in [3.8, 4) is 17.0 Å². The smallest absolute Gasteiger partial charge is 0.337 e. The van der Waals surface area contributed by atoms with E-state index in [1.165, 1.54) is 7.11 Å². The minimum Gasteiger partial charge on any atom is -0.507 e. The number of hydrogen-bond donors (Lipinski definition) is 2. The first-order valence-electron chi connectivity index (χ1n) is 9.96. The number of nitrogen functional groups attached to an aromatic ring is 1. The Labute approximate surface area is 180 Å². The predicted molar refractivity (Wildman–Crippen MR) is 117 cm³/mol. The van der Waals surface area contributed by atoms with Crippen LogP contribution in [0.25, 0.3) is 11.3 Å². The topological polar surface area (TPSA) is 111 Å². The summed E-state index contributed by atoms with van der Waals surface area (Å²) in [6.07, 6.45) is -0.267. The Hall–Kier alpha value is -3.65. The Balaban J connectivity index is 1.62. The van der Waals surface area contributed by atoms with Crippen molar-refractivity contribution >= 4 is 17.5 Å². The number of morpholine rings is 1. The molecule has 1 aliphatic rings. The molecule has 3 aromatic rings. The summed E-state index contributed by atoms with van der Waals surface area (Å²) in [6.45, 7) is 3.18. The molecule has 0 unspecified atom stereocenters. The molecule has 0 radical (unpaired) electrons. The Bertz CT molecular complexity index is 1090. The van der Waals surface area contributed by atoms with E-state index in [9.17, 15) is 9.90 Å². The number of aromatic hydroxyl groups is 1. The summed E-state index contributed by atoms with van der Waals surface area (Å²) < 4.78 is 10.9. The molecule has 1 aliphatic heterocycles. The van der Waals surface area contributed by atoms with Gasteiger partial charge in [0.05, 0.1) is 30.2 Å². The van der Waals surface area contributed by atoms with E-state index in [0.717, 1.165) is 11.3 Å². The van der Waals surface area contributed by atoms with Crippen molar-refractivity contribution in [3.05, 3.63) is 65.7 Å². The second-order valence-electron chi connectivity index (χ2n) is 7.47. The number of hydrogen-bond acceptors (Lipinski definition) is 8. The number of benzene rings is 2. The van der Waals surface area contributed by atoms with Crippen molar-refractivity contribution in [2.24, 2.45) is 0 Å². The van der Waals surface area contributed by atoms with Crippen molar-refractivity contribution in [2.75, 3.05) is 30.8 Å². The quantitative estimate of drug-likeness (QED) is 0.619. The van der Waals surface area contributed by atoms with E-state index in [1.54, 1.807) is 30.3 Å². The van der Waals surface area contributed by atoms with Crippen molar-refractivity contribution in [1.29, 1.82) is 0 Å². The first kappa shape index (κ1) is 20.6. The lowest BCUT2D eigenvalue weighted by atomic mass is 10.0. The van der Waals surface area contributed by atoms with Crippen LogP contribution in [-0.4, -0.2) is 47.6 Å². The average Bonchev–Trinajstić information content (AvgIpc) is 2.79. The highest BCUT2D eigenvalue weighted by Gasteiger charge is 2.28. The van der Waals surface area contributed by atoms with Gasteiger partial charge in [0.25, 0.3) is 0 Å². The molecule has 3 N–H and O–H groups in total. The molecule has 8 nitrogen and oxygen atoms in total. The van der Waals surface area contributed by atoms with Crippen LogP contribution in [0.5, 0.6) is 5.75 Å². The van der Waals surface area contributed by atoms with Crippen LogP contribution in [-0.2, 0) is 9.47 Å². The Morgan fingerprint density at radius 2 is 1.90 bits per heavy atom. The van der Waals surface area contributed by atoms with E-state index in [4.69, 9.17) is 15.2 Å². The van der Waals surface area contributed by atoms with Gasteiger partial charge in [-0.05, 0) is 42.8 Å². The number of ether oxygens (including phenoxy) is 2. The van der Waals surface area contributed by atoms with Gasteiger partial charge in [-0.15, -0.1) is 10.2 Å². The Kier molecular flexibility index (Phi) is 5.73. The van der Waals surface area contributed by atoms with Gasteiger partial charge in [-0.2, -0.15) is 0 Å². The van der Waals surface area contributed by atoms with Gasteiger partial charge in [0.15, 0.2) is 5.82 Å². The zero-order valence-electron chi connectivity index (χ0n) is 17.4. The molecule has 8 heteroatoms. The number of anilines is 2. The van der Waals surface area contributed by atoms with Crippen LogP contribution in [0.1, 0.15) is 28.9 Å². The van der Waals surface area contributed by atoms with Crippen LogP contribution < -0.4 is 10.6 Å². The van der Waals surface area contributed by atoms with Gasteiger partial charge >= 0.3 is 5.97 Å². The lowest BCUT2D eigenvalue weighted by Gasteiger charge is -2.38. The van der Waals surface area contributed by atoms with Gasteiger partial charge in [-0.1, -0.05) is 24.3 Å². The summed E-state index contributed by atoms with van der Waals surface area (Å²) in [7, 11) is 1.36. The van der Waals surface area contributed by atoms with E-state index in [-0.39, 0.29) is 23.9 Å². The minimum atomic E-state index is -0.376. The maximum Gasteiger partial charge on any atom is 0.337 e. The zero-order chi connectivity index (χ0) is 22.0. The maximum absolute atomic E-state index is 11.7. The normalized spacial score (nSPS) is 18.6. The molecule has 1 fully saturated rings. The number of nitrogens with zero attached hydrogens (tertiary/aromatic N) is 3. The molecule has 0 amide bonds.